The van der Waals surface area contributed by atoms with E-state index < -0.39 is 0 Å². The summed E-state index contributed by atoms with van der Waals surface area (Å²) in [7, 11) is 4.20. The first-order valence-corrected chi connectivity index (χ1v) is 9.81. The van der Waals surface area contributed by atoms with Crippen LogP contribution in [0.2, 0.25) is 0 Å². The van der Waals surface area contributed by atoms with E-state index in [1.807, 2.05) is 24.3 Å². The van der Waals surface area contributed by atoms with Crippen molar-refractivity contribution >= 4 is 5.69 Å². The van der Waals surface area contributed by atoms with E-state index in [2.05, 4.69) is 65.6 Å². The summed E-state index contributed by atoms with van der Waals surface area (Å²) in [6, 6.07) is 7.18. The van der Waals surface area contributed by atoms with Gasteiger partial charge in [-0.05, 0) is 63.3 Å². The molecule has 27 heavy (non-hydrogen) atoms. The third kappa shape index (κ3) is 3.15. The number of nitrogens with zero attached hydrogens (tertiary/aromatic N) is 5. The Morgan fingerprint density at radius 2 is 2.00 bits per heavy atom. The summed E-state index contributed by atoms with van der Waals surface area (Å²) < 4.78 is 4.28. The molecule has 3 heterocycles. The van der Waals surface area contributed by atoms with Gasteiger partial charge >= 0.3 is 0 Å². The molecule has 0 spiro atoms. The first-order chi connectivity index (χ1) is 13.0. The lowest BCUT2D eigenvalue weighted by atomic mass is 9.98. The molecule has 3 aromatic rings. The van der Waals surface area contributed by atoms with Gasteiger partial charge in [0, 0.05) is 43.6 Å². The highest BCUT2D eigenvalue weighted by atomic mass is 15.3. The molecule has 5 heteroatoms. The van der Waals surface area contributed by atoms with Gasteiger partial charge in [0.1, 0.15) is 0 Å². The molecule has 4 rings (SSSR count). The van der Waals surface area contributed by atoms with Crippen molar-refractivity contribution in [2.45, 2.75) is 46.1 Å². The lowest BCUT2D eigenvalue weighted by molar-refractivity contribution is 0.546. The van der Waals surface area contributed by atoms with Crippen LogP contribution in [0.3, 0.4) is 0 Å². The lowest BCUT2D eigenvalue weighted by Gasteiger charge is -2.28. The van der Waals surface area contributed by atoms with Gasteiger partial charge in [0.2, 0.25) is 0 Å². The summed E-state index contributed by atoms with van der Waals surface area (Å²) in [4.78, 5) is 6.83. The maximum absolute atomic E-state index is 4.57. The van der Waals surface area contributed by atoms with Gasteiger partial charge in [-0.15, -0.1) is 0 Å². The van der Waals surface area contributed by atoms with Crippen LogP contribution >= 0.6 is 0 Å². The van der Waals surface area contributed by atoms with Gasteiger partial charge in [-0.25, -0.2) is 4.98 Å². The molecule has 0 radical (unpaired) electrons. The molecule has 0 amide bonds. The number of aryl methyl sites for hydroxylation is 3. The van der Waals surface area contributed by atoms with Gasteiger partial charge in [0.05, 0.1) is 23.9 Å². The molecule has 2 aromatic heterocycles. The number of anilines is 1. The highest BCUT2D eigenvalue weighted by Crippen LogP contribution is 2.32. The average molecular weight is 364 g/mol. The molecule has 1 unspecified atom stereocenters. The Bertz CT molecular complexity index is 965. The number of fused-ring (bicyclic) bond motifs is 1. The standard InChI is InChI=1S/C22H29N5/c1-15(11-20-16(2)24-26(5)17(20)3)27-14-23-13-22(27)19-8-9-21-18(12-19)7-6-10-25(21)4/h8-9,12-15H,6-7,10-11H2,1-5H3. The predicted octanol–water partition coefficient (Wildman–Crippen LogP) is 4.09. The SMILES string of the molecule is Cc1nn(C)c(C)c1CC(C)n1cncc1-c1ccc2c(c1)CCCN2C. The largest absolute Gasteiger partial charge is 0.374 e. The zero-order chi connectivity index (χ0) is 19.1. The molecular formula is C22H29N5. The predicted molar refractivity (Wildman–Crippen MR) is 110 cm³/mol. The van der Waals surface area contributed by atoms with Crippen molar-refractivity contribution in [3.05, 3.63) is 53.2 Å². The number of hydrogen-bond acceptors (Lipinski definition) is 3. The Kier molecular flexibility index (Phi) is 4.54. The molecule has 0 N–H and O–H groups in total. The van der Waals surface area contributed by atoms with Crippen LogP contribution in [0.5, 0.6) is 0 Å². The van der Waals surface area contributed by atoms with Crippen LogP contribution in [0.15, 0.2) is 30.7 Å². The van der Waals surface area contributed by atoms with Gasteiger partial charge in [-0.2, -0.15) is 5.10 Å². The van der Waals surface area contributed by atoms with Crippen molar-refractivity contribution in [2.24, 2.45) is 7.05 Å². The van der Waals surface area contributed by atoms with E-state index in [0.717, 1.165) is 25.1 Å². The second-order valence-corrected chi connectivity index (χ2v) is 7.88. The Morgan fingerprint density at radius 1 is 1.19 bits per heavy atom. The Labute approximate surface area is 161 Å². The van der Waals surface area contributed by atoms with Gasteiger partial charge in [0.15, 0.2) is 0 Å². The number of benzene rings is 1. The molecule has 1 aliphatic rings. The van der Waals surface area contributed by atoms with E-state index >= 15 is 0 Å². The third-order valence-electron chi connectivity index (χ3n) is 6.03. The van der Waals surface area contributed by atoms with Crippen LogP contribution in [0.25, 0.3) is 11.3 Å². The molecule has 1 atom stereocenters. The molecular weight excluding hydrogens is 334 g/mol. The lowest BCUT2D eigenvalue weighted by Crippen LogP contribution is -2.24. The molecule has 1 aromatic carbocycles. The average Bonchev–Trinajstić information content (AvgIpc) is 3.23. The summed E-state index contributed by atoms with van der Waals surface area (Å²) in [5.41, 5.74) is 8.98. The minimum atomic E-state index is 0.322. The highest BCUT2D eigenvalue weighted by Gasteiger charge is 2.19. The fourth-order valence-corrected chi connectivity index (χ4v) is 4.33. The molecule has 0 aliphatic carbocycles. The minimum Gasteiger partial charge on any atom is -0.374 e. The van der Waals surface area contributed by atoms with Crippen molar-refractivity contribution in [1.29, 1.82) is 0 Å². The summed E-state index contributed by atoms with van der Waals surface area (Å²) in [6.07, 6.45) is 7.30. The quantitative estimate of drug-likeness (QED) is 0.701. The summed E-state index contributed by atoms with van der Waals surface area (Å²) in [5.74, 6) is 0. The topological polar surface area (TPSA) is 38.9 Å². The van der Waals surface area contributed by atoms with Crippen molar-refractivity contribution in [3.63, 3.8) is 0 Å². The first kappa shape index (κ1) is 17.8. The summed E-state index contributed by atoms with van der Waals surface area (Å²) in [5, 5.41) is 4.57. The van der Waals surface area contributed by atoms with E-state index in [1.54, 1.807) is 0 Å². The van der Waals surface area contributed by atoms with Crippen molar-refractivity contribution in [3.8, 4) is 11.3 Å². The second-order valence-electron chi connectivity index (χ2n) is 7.88. The van der Waals surface area contributed by atoms with Crippen LogP contribution in [-0.2, 0) is 19.9 Å². The van der Waals surface area contributed by atoms with Gasteiger partial charge < -0.3 is 9.47 Å². The molecule has 0 saturated heterocycles. The molecule has 0 fully saturated rings. The van der Waals surface area contributed by atoms with Crippen LogP contribution in [0.4, 0.5) is 5.69 Å². The smallest absolute Gasteiger partial charge is 0.0953 e. The monoisotopic (exact) mass is 363 g/mol. The van der Waals surface area contributed by atoms with E-state index in [1.165, 1.54) is 40.2 Å². The number of rotatable bonds is 4. The normalized spacial score (nSPS) is 15.1. The van der Waals surface area contributed by atoms with Crippen LogP contribution in [0.1, 0.15) is 41.9 Å². The third-order valence-corrected chi connectivity index (χ3v) is 6.03. The maximum atomic E-state index is 4.57. The summed E-state index contributed by atoms with van der Waals surface area (Å²) >= 11 is 0. The zero-order valence-corrected chi connectivity index (χ0v) is 17.0. The van der Waals surface area contributed by atoms with Crippen molar-refractivity contribution in [2.75, 3.05) is 18.5 Å². The van der Waals surface area contributed by atoms with E-state index in [4.69, 9.17) is 0 Å². The van der Waals surface area contributed by atoms with Crippen LogP contribution in [-0.4, -0.2) is 32.9 Å². The van der Waals surface area contributed by atoms with E-state index in [9.17, 15) is 0 Å². The van der Waals surface area contributed by atoms with Gasteiger partial charge in [0.25, 0.3) is 0 Å². The fourth-order valence-electron chi connectivity index (χ4n) is 4.33. The summed E-state index contributed by atoms with van der Waals surface area (Å²) in [6.45, 7) is 7.66. The number of hydrogen-bond donors (Lipinski definition) is 0. The molecule has 5 nitrogen and oxygen atoms in total. The van der Waals surface area contributed by atoms with E-state index in [-0.39, 0.29) is 0 Å². The number of aromatic nitrogens is 4. The van der Waals surface area contributed by atoms with Crippen LogP contribution < -0.4 is 4.90 Å². The van der Waals surface area contributed by atoms with Crippen molar-refractivity contribution in [1.82, 2.24) is 19.3 Å². The maximum Gasteiger partial charge on any atom is 0.0953 e. The second kappa shape index (κ2) is 6.87. The van der Waals surface area contributed by atoms with Gasteiger partial charge in [-0.1, -0.05) is 6.07 Å². The first-order valence-electron chi connectivity index (χ1n) is 9.81. The van der Waals surface area contributed by atoms with Gasteiger partial charge in [-0.3, -0.25) is 4.68 Å². The molecule has 0 saturated carbocycles. The van der Waals surface area contributed by atoms with Crippen molar-refractivity contribution < 1.29 is 0 Å². The highest BCUT2D eigenvalue weighted by molar-refractivity contribution is 5.67. The molecule has 1 aliphatic heterocycles. The molecule has 0 bridgehead atoms. The Hall–Kier alpha value is -2.56. The molecule has 142 valence electrons. The Balaban J connectivity index is 1.65. The zero-order valence-electron chi connectivity index (χ0n) is 17.0. The Morgan fingerprint density at radius 3 is 2.74 bits per heavy atom. The fraction of sp³-hybridized carbons (Fsp3) is 0.455. The number of imidazole rings is 1. The van der Waals surface area contributed by atoms with Crippen LogP contribution in [0, 0.1) is 13.8 Å². The minimum absolute atomic E-state index is 0.322. The van der Waals surface area contributed by atoms with E-state index in [0.29, 0.717) is 6.04 Å².